The first kappa shape index (κ1) is 24.9. The van der Waals surface area contributed by atoms with E-state index in [2.05, 4.69) is 20.8 Å². The van der Waals surface area contributed by atoms with Crippen molar-refractivity contribution in [3.63, 3.8) is 0 Å². The summed E-state index contributed by atoms with van der Waals surface area (Å²) in [5.74, 6) is -1.81. The minimum atomic E-state index is -3.57. The van der Waals surface area contributed by atoms with Gasteiger partial charge < -0.3 is 4.74 Å². The Morgan fingerprint density at radius 1 is 0.853 bits per heavy atom. The second kappa shape index (κ2) is 11.0. The Morgan fingerprint density at radius 3 is 2.21 bits per heavy atom. The Hall–Kier alpha value is -2.17. The third-order valence-corrected chi connectivity index (χ3v) is 8.74. The first-order valence-electron chi connectivity index (χ1n) is 10.9. The summed E-state index contributed by atoms with van der Waals surface area (Å²) in [7, 11) is -3.57. The van der Waals surface area contributed by atoms with E-state index in [4.69, 9.17) is 4.74 Å². The van der Waals surface area contributed by atoms with Crippen molar-refractivity contribution in [1.29, 1.82) is 0 Å². The molecule has 9 heteroatoms. The van der Waals surface area contributed by atoms with E-state index >= 15 is 0 Å². The van der Waals surface area contributed by atoms with Crippen LogP contribution in [-0.4, -0.2) is 57.0 Å². The molecule has 3 aromatic carbocycles. The molecule has 1 aliphatic heterocycles. The molecule has 0 saturated carbocycles. The Balaban J connectivity index is 1.36. The predicted octanol–water partition coefficient (Wildman–Crippen LogP) is 4.84. The van der Waals surface area contributed by atoms with Gasteiger partial charge in [-0.1, -0.05) is 48.5 Å². The molecule has 0 amide bonds. The SMILES string of the molecule is O=S(=O)(c1ccccc1Br)N1CCN(CCOC(c2ccccc2)c2ccc(F)c(F)c2)CC1. The lowest BCUT2D eigenvalue weighted by atomic mass is 10.0. The lowest BCUT2D eigenvalue weighted by Gasteiger charge is -2.34. The Labute approximate surface area is 207 Å². The van der Waals surface area contributed by atoms with Gasteiger partial charge in [0, 0.05) is 37.2 Å². The van der Waals surface area contributed by atoms with Crippen LogP contribution >= 0.6 is 15.9 Å². The molecule has 1 aliphatic rings. The molecule has 1 saturated heterocycles. The van der Waals surface area contributed by atoms with Gasteiger partial charge in [0.15, 0.2) is 11.6 Å². The van der Waals surface area contributed by atoms with E-state index in [9.17, 15) is 17.2 Å². The van der Waals surface area contributed by atoms with Crippen molar-refractivity contribution in [2.45, 2.75) is 11.0 Å². The van der Waals surface area contributed by atoms with Gasteiger partial charge in [0.1, 0.15) is 6.10 Å². The summed E-state index contributed by atoms with van der Waals surface area (Å²) < 4.78 is 61.4. The van der Waals surface area contributed by atoms with Gasteiger partial charge >= 0.3 is 0 Å². The van der Waals surface area contributed by atoms with Gasteiger partial charge in [-0.15, -0.1) is 0 Å². The minimum absolute atomic E-state index is 0.268. The summed E-state index contributed by atoms with van der Waals surface area (Å²) in [5.41, 5.74) is 1.38. The fourth-order valence-electron chi connectivity index (χ4n) is 3.97. The maximum atomic E-state index is 13.9. The number of benzene rings is 3. The van der Waals surface area contributed by atoms with E-state index in [1.807, 2.05) is 30.3 Å². The van der Waals surface area contributed by atoms with Crippen molar-refractivity contribution in [3.8, 4) is 0 Å². The van der Waals surface area contributed by atoms with Gasteiger partial charge in [-0.05, 0) is 51.3 Å². The van der Waals surface area contributed by atoms with Crippen LogP contribution in [0.15, 0.2) is 82.2 Å². The number of piperazine rings is 1. The maximum Gasteiger partial charge on any atom is 0.244 e. The number of hydrogen-bond acceptors (Lipinski definition) is 4. The van der Waals surface area contributed by atoms with Crippen molar-refractivity contribution < 1.29 is 21.9 Å². The lowest BCUT2D eigenvalue weighted by molar-refractivity contribution is 0.0525. The second-order valence-electron chi connectivity index (χ2n) is 8.01. The normalized spacial score (nSPS) is 16.4. The number of hydrogen-bond donors (Lipinski definition) is 0. The zero-order chi connectivity index (χ0) is 24.1. The first-order valence-corrected chi connectivity index (χ1v) is 13.2. The summed E-state index contributed by atoms with van der Waals surface area (Å²) in [6.07, 6.45) is -0.534. The molecule has 1 heterocycles. The third kappa shape index (κ3) is 5.72. The molecule has 0 bridgehead atoms. The number of sulfonamides is 1. The average molecular weight is 551 g/mol. The molecular weight excluding hydrogens is 526 g/mol. The van der Waals surface area contributed by atoms with E-state index < -0.39 is 27.8 Å². The van der Waals surface area contributed by atoms with Crippen LogP contribution in [0, 0.1) is 11.6 Å². The molecule has 0 N–H and O–H groups in total. The highest BCUT2D eigenvalue weighted by Gasteiger charge is 2.29. The predicted molar refractivity (Wildman–Crippen MR) is 130 cm³/mol. The van der Waals surface area contributed by atoms with E-state index in [1.165, 1.54) is 16.4 Å². The van der Waals surface area contributed by atoms with Crippen LogP contribution in [0.5, 0.6) is 0 Å². The van der Waals surface area contributed by atoms with Gasteiger partial charge in [0.25, 0.3) is 0 Å². The molecule has 5 nitrogen and oxygen atoms in total. The molecule has 0 aliphatic carbocycles. The van der Waals surface area contributed by atoms with Crippen LogP contribution in [0.1, 0.15) is 17.2 Å². The molecule has 1 unspecified atom stereocenters. The molecule has 1 atom stereocenters. The quantitative estimate of drug-likeness (QED) is 0.402. The van der Waals surface area contributed by atoms with Crippen molar-refractivity contribution in [1.82, 2.24) is 9.21 Å². The molecule has 1 fully saturated rings. The Bertz CT molecular complexity index is 1220. The highest BCUT2D eigenvalue weighted by Crippen LogP contribution is 2.28. The van der Waals surface area contributed by atoms with Gasteiger partial charge in [-0.25, -0.2) is 17.2 Å². The van der Waals surface area contributed by atoms with Crippen LogP contribution in [0.4, 0.5) is 8.78 Å². The van der Waals surface area contributed by atoms with Crippen molar-refractivity contribution >= 4 is 26.0 Å². The highest BCUT2D eigenvalue weighted by atomic mass is 79.9. The third-order valence-electron chi connectivity index (χ3n) is 5.83. The van der Waals surface area contributed by atoms with E-state index in [1.54, 1.807) is 24.3 Å². The monoisotopic (exact) mass is 550 g/mol. The highest BCUT2D eigenvalue weighted by molar-refractivity contribution is 9.10. The van der Waals surface area contributed by atoms with Crippen LogP contribution in [-0.2, 0) is 14.8 Å². The summed E-state index contributed by atoms with van der Waals surface area (Å²) in [6.45, 7) is 2.87. The zero-order valence-electron chi connectivity index (χ0n) is 18.4. The van der Waals surface area contributed by atoms with Crippen LogP contribution < -0.4 is 0 Å². The molecular formula is C25H25BrF2N2O3S. The van der Waals surface area contributed by atoms with E-state index in [-0.39, 0.29) is 4.90 Å². The van der Waals surface area contributed by atoms with Gasteiger partial charge in [-0.2, -0.15) is 4.31 Å². The number of rotatable bonds is 8. The second-order valence-corrected chi connectivity index (χ2v) is 10.8. The van der Waals surface area contributed by atoms with E-state index in [0.717, 1.165) is 11.6 Å². The number of halogens is 3. The van der Waals surface area contributed by atoms with Gasteiger partial charge in [-0.3, -0.25) is 4.90 Å². The summed E-state index contributed by atoms with van der Waals surface area (Å²) in [6, 6.07) is 20.0. The number of ether oxygens (including phenoxy) is 1. The molecule has 0 radical (unpaired) electrons. The molecule has 34 heavy (non-hydrogen) atoms. The maximum absolute atomic E-state index is 13.9. The molecule has 4 rings (SSSR count). The molecule has 3 aromatic rings. The Morgan fingerprint density at radius 2 is 1.53 bits per heavy atom. The van der Waals surface area contributed by atoms with Crippen molar-refractivity contribution in [2.75, 3.05) is 39.3 Å². The fraction of sp³-hybridized carbons (Fsp3) is 0.280. The largest absolute Gasteiger partial charge is 0.367 e. The first-order chi connectivity index (χ1) is 16.4. The summed E-state index contributed by atoms with van der Waals surface area (Å²) in [5, 5.41) is 0. The standard InChI is InChI=1S/C25H25BrF2N2O3S/c26-21-8-4-5-9-24(21)34(31,32)30-14-12-29(13-15-30)16-17-33-25(19-6-2-1-3-7-19)20-10-11-22(27)23(28)18-20/h1-11,18,25H,12-17H2. The smallest absolute Gasteiger partial charge is 0.244 e. The van der Waals surface area contributed by atoms with E-state index in [0.29, 0.717) is 49.4 Å². The molecule has 0 spiro atoms. The zero-order valence-corrected chi connectivity index (χ0v) is 20.8. The lowest BCUT2D eigenvalue weighted by Crippen LogP contribution is -2.49. The molecule has 0 aromatic heterocycles. The Kier molecular flexibility index (Phi) is 8.10. The van der Waals surface area contributed by atoms with Crippen molar-refractivity contribution in [3.05, 3.63) is 100 Å². The fourth-order valence-corrected chi connectivity index (χ4v) is 6.36. The van der Waals surface area contributed by atoms with Crippen LogP contribution in [0.2, 0.25) is 0 Å². The van der Waals surface area contributed by atoms with Crippen molar-refractivity contribution in [2.24, 2.45) is 0 Å². The molecule has 180 valence electrons. The summed E-state index contributed by atoms with van der Waals surface area (Å²) >= 11 is 3.33. The minimum Gasteiger partial charge on any atom is -0.367 e. The van der Waals surface area contributed by atoms with Gasteiger partial charge in [0.05, 0.1) is 11.5 Å². The number of nitrogens with zero attached hydrogens (tertiary/aromatic N) is 2. The topological polar surface area (TPSA) is 49.9 Å². The van der Waals surface area contributed by atoms with Crippen LogP contribution in [0.25, 0.3) is 0 Å². The van der Waals surface area contributed by atoms with Gasteiger partial charge in [0.2, 0.25) is 10.0 Å². The summed E-state index contributed by atoms with van der Waals surface area (Å²) in [4.78, 5) is 2.41. The average Bonchev–Trinajstić information content (AvgIpc) is 2.85. The van der Waals surface area contributed by atoms with Crippen LogP contribution in [0.3, 0.4) is 0 Å².